The lowest BCUT2D eigenvalue weighted by molar-refractivity contribution is -0.118. The maximum atomic E-state index is 12.0. The summed E-state index contributed by atoms with van der Waals surface area (Å²) in [6, 6.07) is 10.2. The minimum Gasteiger partial charge on any atom is -0.355 e. The van der Waals surface area contributed by atoms with Gasteiger partial charge in [-0.2, -0.15) is 4.98 Å². The van der Waals surface area contributed by atoms with Gasteiger partial charge in [0.25, 0.3) is 0 Å². The highest BCUT2D eigenvalue weighted by molar-refractivity contribution is 8.00. The fourth-order valence-electron chi connectivity index (χ4n) is 2.24. The number of carbonyl (C=O) groups is 1. The third kappa shape index (κ3) is 4.46. The number of halogens is 1. The molecule has 0 aliphatic carbocycles. The summed E-state index contributed by atoms with van der Waals surface area (Å²) in [5.41, 5.74) is 2.47. The van der Waals surface area contributed by atoms with Crippen LogP contribution in [-0.4, -0.2) is 38.1 Å². The Hall–Kier alpha value is -2.12. The van der Waals surface area contributed by atoms with Crippen LogP contribution in [0.5, 0.6) is 0 Å². The van der Waals surface area contributed by atoms with Gasteiger partial charge >= 0.3 is 0 Å². The molecular formula is C16H16ClN5OS. The molecule has 0 radical (unpaired) electrons. The largest absolute Gasteiger partial charge is 0.355 e. The van der Waals surface area contributed by atoms with Crippen molar-refractivity contribution in [3.8, 4) is 0 Å². The molecule has 6 nitrogen and oxygen atoms in total. The molecule has 1 amide bonds. The number of aryl methyl sites for hydroxylation is 1. The van der Waals surface area contributed by atoms with E-state index in [0.29, 0.717) is 22.7 Å². The van der Waals surface area contributed by atoms with E-state index >= 15 is 0 Å². The van der Waals surface area contributed by atoms with E-state index in [-0.39, 0.29) is 16.9 Å². The number of H-pyrrole nitrogens is 1. The van der Waals surface area contributed by atoms with Crippen LogP contribution in [0.15, 0.2) is 41.7 Å². The average Bonchev–Trinajstić information content (AvgIpc) is 3.06. The molecule has 2 heterocycles. The van der Waals surface area contributed by atoms with Gasteiger partial charge in [-0.25, -0.2) is 9.97 Å². The van der Waals surface area contributed by atoms with Crippen molar-refractivity contribution in [2.45, 2.75) is 17.9 Å². The Kier molecular flexibility index (Phi) is 5.66. The quantitative estimate of drug-likeness (QED) is 0.292. The number of nitrogens with zero attached hydrogens (tertiary/aromatic N) is 3. The highest BCUT2D eigenvalue weighted by Crippen LogP contribution is 2.23. The Bertz CT molecular complexity index is 824. The molecule has 0 unspecified atom stereocenters. The van der Waals surface area contributed by atoms with Crippen LogP contribution < -0.4 is 5.32 Å². The molecule has 1 aromatic carbocycles. The van der Waals surface area contributed by atoms with Crippen LogP contribution in [0.25, 0.3) is 11.2 Å². The van der Waals surface area contributed by atoms with Gasteiger partial charge in [-0.15, -0.1) is 0 Å². The lowest BCUT2D eigenvalue weighted by Gasteiger charge is -2.06. The molecule has 24 heavy (non-hydrogen) atoms. The van der Waals surface area contributed by atoms with Crippen molar-refractivity contribution in [1.82, 2.24) is 25.3 Å². The van der Waals surface area contributed by atoms with E-state index < -0.39 is 0 Å². The first-order chi connectivity index (χ1) is 11.7. The second-order valence-electron chi connectivity index (χ2n) is 5.13. The number of imidazole rings is 1. The summed E-state index contributed by atoms with van der Waals surface area (Å²) < 4.78 is 0. The minimum atomic E-state index is -0.0320. The maximum absolute atomic E-state index is 12.0. The summed E-state index contributed by atoms with van der Waals surface area (Å²) in [6.45, 7) is 0.651. The number of amides is 1. The van der Waals surface area contributed by atoms with Crippen molar-refractivity contribution >= 4 is 40.4 Å². The Morgan fingerprint density at radius 3 is 2.92 bits per heavy atom. The number of hydrogen-bond acceptors (Lipinski definition) is 5. The second-order valence-corrected chi connectivity index (χ2v) is 6.43. The van der Waals surface area contributed by atoms with Crippen molar-refractivity contribution < 1.29 is 4.79 Å². The number of aromatic amines is 1. The lowest BCUT2D eigenvalue weighted by atomic mass is 10.1. The van der Waals surface area contributed by atoms with Gasteiger partial charge in [0, 0.05) is 6.54 Å². The van der Waals surface area contributed by atoms with E-state index in [1.807, 2.05) is 18.2 Å². The molecular weight excluding hydrogens is 346 g/mol. The van der Waals surface area contributed by atoms with Crippen LogP contribution in [0.4, 0.5) is 0 Å². The van der Waals surface area contributed by atoms with Gasteiger partial charge in [0.05, 0.1) is 12.1 Å². The number of benzene rings is 1. The van der Waals surface area contributed by atoms with Gasteiger partial charge in [-0.3, -0.25) is 4.79 Å². The second kappa shape index (κ2) is 8.12. The van der Waals surface area contributed by atoms with Gasteiger partial charge in [0.1, 0.15) is 10.5 Å². The number of hydrogen-bond donors (Lipinski definition) is 2. The lowest BCUT2D eigenvalue weighted by Crippen LogP contribution is -2.26. The van der Waals surface area contributed by atoms with Gasteiger partial charge in [-0.1, -0.05) is 42.1 Å². The summed E-state index contributed by atoms with van der Waals surface area (Å²) in [4.78, 5) is 27.1. The van der Waals surface area contributed by atoms with Crippen molar-refractivity contribution in [3.63, 3.8) is 0 Å². The topological polar surface area (TPSA) is 83.6 Å². The minimum absolute atomic E-state index is 0.0320. The third-order valence-electron chi connectivity index (χ3n) is 3.37. The molecule has 0 aliphatic rings. The van der Waals surface area contributed by atoms with Gasteiger partial charge < -0.3 is 10.3 Å². The molecule has 0 spiro atoms. The van der Waals surface area contributed by atoms with Crippen molar-refractivity contribution in [3.05, 3.63) is 47.5 Å². The van der Waals surface area contributed by atoms with Crippen LogP contribution in [0.1, 0.15) is 12.0 Å². The third-order valence-corrected chi connectivity index (χ3v) is 4.52. The molecule has 0 atom stereocenters. The Morgan fingerprint density at radius 2 is 2.08 bits per heavy atom. The zero-order valence-electron chi connectivity index (χ0n) is 12.8. The van der Waals surface area contributed by atoms with Crippen LogP contribution in [0.3, 0.4) is 0 Å². The van der Waals surface area contributed by atoms with E-state index in [2.05, 4.69) is 37.4 Å². The van der Waals surface area contributed by atoms with Crippen LogP contribution in [0, 0.1) is 0 Å². The summed E-state index contributed by atoms with van der Waals surface area (Å²) in [5, 5.41) is 3.67. The first-order valence-corrected chi connectivity index (χ1v) is 8.89. The van der Waals surface area contributed by atoms with E-state index in [9.17, 15) is 4.79 Å². The van der Waals surface area contributed by atoms with Gasteiger partial charge in [-0.05, 0) is 30.0 Å². The fraction of sp³-hybridized carbons (Fsp3) is 0.250. The molecule has 124 valence electrons. The number of aromatic nitrogens is 4. The van der Waals surface area contributed by atoms with Gasteiger partial charge in [0.2, 0.25) is 11.2 Å². The smallest absolute Gasteiger partial charge is 0.230 e. The molecule has 2 N–H and O–H groups in total. The predicted molar refractivity (Wildman–Crippen MR) is 95.2 cm³/mol. The summed E-state index contributed by atoms with van der Waals surface area (Å²) in [5.74, 6) is 0.239. The molecule has 0 fully saturated rings. The number of carbonyl (C=O) groups excluding carboxylic acids is 1. The van der Waals surface area contributed by atoms with Crippen molar-refractivity contribution in [1.29, 1.82) is 0 Å². The summed E-state index contributed by atoms with van der Waals surface area (Å²) in [6.07, 6.45) is 3.39. The summed E-state index contributed by atoms with van der Waals surface area (Å²) >= 11 is 7.18. The van der Waals surface area contributed by atoms with Crippen molar-refractivity contribution in [2.75, 3.05) is 12.3 Å². The Morgan fingerprint density at radius 1 is 1.25 bits per heavy atom. The van der Waals surface area contributed by atoms with Crippen LogP contribution in [0.2, 0.25) is 5.28 Å². The SMILES string of the molecule is O=C(CSc1nc(Cl)nc2nc[nH]c12)NCCCc1ccccc1. The van der Waals surface area contributed by atoms with Crippen LogP contribution >= 0.6 is 23.4 Å². The summed E-state index contributed by atoms with van der Waals surface area (Å²) in [7, 11) is 0. The average molecular weight is 362 g/mol. The first kappa shape index (κ1) is 16.7. The van der Waals surface area contributed by atoms with E-state index in [4.69, 9.17) is 11.6 Å². The number of nitrogens with one attached hydrogen (secondary N) is 2. The van der Waals surface area contributed by atoms with E-state index in [1.54, 1.807) is 0 Å². The molecule has 3 aromatic rings. The predicted octanol–water partition coefficient (Wildman–Crippen LogP) is 2.85. The first-order valence-electron chi connectivity index (χ1n) is 7.52. The van der Waals surface area contributed by atoms with Crippen LogP contribution in [-0.2, 0) is 11.2 Å². The van der Waals surface area contributed by atoms with E-state index in [1.165, 1.54) is 23.7 Å². The Balaban J connectivity index is 1.44. The van der Waals surface area contributed by atoms with Gasteiger partial charge in [0.15, 0.2) is 5.65 Å². The normalized spacial score (nSPS) is 10.9. The van der Waals surface area contributed by atoms with Crippen molar-refractivity contribution in [2.24, 2.45) is 0 Å². The fourth-order valence-corrected chi connectivity index (χ4v) is 3.27. The Labute approximate surface area is 148 Å². The molecule has 2 aromatic heterocycles. The molecule has 0 saturated heterocycles. The molecule has 3 rings (SSSR count). The maximum Gasteiger partial charge on any atom is 0.230 e. The standard InChI is InChI=1S/C16H16ClN5OS/c17-16-21-14-13(19-10-20-14)15(22-16)24-9-12(23)18-8-4-7-11-5-2-1-3-6-11/h1-3,5-6,10H,4,7-9H2,(H,18,23)(H,19,20,21,22). The zero-order chi connectivity index (χ0) is 16.8. The highest BCUT2D eigenvalue weighted by Gasteiger charge is 2.11. The molecule has 0 bridgehead atoms. The van der Waals surface area contributed by atoms with E-state index in [0.717, 1.165) is 12.8 Å². The molecule has 8 heteroatoms. The number of thioether (sulfide) groups is 1. The number of fused-ring (bicyclic) bond motifs is 1. The number of rotatable bonds is 7. The highest BCUT2D eigenvalue weighted by atomic mass is 35.5. The zero-order valence-corrected chi connectivity index (χ0v) is 14.4. The molecule has 0 aliphatic heterocycles. The monoisotopic (exact) mass is 361 g/mol. The molecule has 0 saturated carbocycles.